The van der Waals surface area contributed by atoms with Crippen molar-refractivity contribution >= 4 is 5.95 Å². The molecule has 2 aromatic heterocycles. The highest BCUT2D eigenvalue weighted by Crippen LogP contribution is 2.39. The van der Waals surface area contributed by atoms with Crippen LogP contribution in [0.4, 0.5) is 5.95 Å². The molecule has 0 radical (unpaired) electrons. The summed E-state index contributed by atoms with van der Waals surface area (Å²) in [5, 5.41) is 10.6. The Morgan fingerprint density at radius 1 is 1.08 bits per heavy atom. The van der Waals surface area contributed by atoms with E-state index in [9.17, 15) is 5.11 Å². The number of aliphatic hydroxyl groups excluding tert-OH is 1. The van der Waals surface area contributed by atoms with E-state index in [4.69, 9.17) is 4.74 Å². The Kier molecular flexibility index (Phi) is 4.29. The van der Waals surface area contributed by atoms with E-state index < -0.39 is 6.10 Å². The number of aliphatic hydroxyl groups is 1. The molecule has 1 aliphatic heterocycles. The van der Waals surface area contributed by atoms with Crippen LogP contribution in [-0.2, 0) is 0 Å². The molecule has 1 saturated heterocycles. The maximum absolute atomic E-state index is 10.6. The first kappa shape index (κ1) is 16.3. The highest BCUT2D eigenvalue weighted by molar-refractivity contribution is 5.32. The van der Waals surface area contributed by atoms with Gasteiger partial charge in [-0.2, -0.15) is 0 Å². The van der Waals surface area contributed by atoms with Crippen molar-refractivity contribution in [3.63, 3.8) is 0 Å². The van der Waals surface area contributed by atoms with Gasteiger partial charge < -0.3 is 14.7 Å². The van der Waals surface area contributed by atoms with Crippen LogP contribution in [0.5, 0.6) is 5.75 Å². The van der Waals surface area contributed by atoms with Crippen LogP contribution in [0.1, 0.15) is 24.2 Å². The number of fused-ring (bicyclic) bond motifs is 1. The highest BCUT2D eigenvalue weighted by atomic mass is 16.5. The van der Waals surface area contributed by atoms with Crippen molar-refractivity contribution in [2.45, 2.75) is 38.9 Å². The van der Waals surface area contributed by atoms with Crippen molar-refractivity contribution in [1.29, 1.82) is 0 Å². The molecule has 4 rings (SSSR count). The Labute approximate surface area is 147 Å². The maximum atomic E-state index is 10.6. The lowest BCUT2D eigenvalue weighted by Crippen LogP contribution is -2.42. The Morgan fingerprint density at radius 2 is 1.80 bits per heavy atom. The maximum Gasteiger partial charge on any atom is 0.225 e. The van der Waals surface area contributed by atoms with Gasteiger partial charge in [0.15, 0.2) is 0 Å². The lowest BCUT2D eigenvalue weighted by molar-refractivity contribution is -0.0236. The van der Waals surface area contributed by atoms with Gasteiger partial charge in [-0.3, -0.25) is 4.98 Å². The molecule has 2 fully saturated rings. The molecule has 0 bridgehead atoms. The second kappa shape index (κ2) is 6.59. The molecule has 2 aromatic rings. The molecule has 4 atom stereocenters. The van der Waals surface area contributed by atoms with Gasteiger partial charge in [-0.25, -0.2) is 9.97 Å². The van der Waals surface area contributed by atoms with E-state index in [0.29, 0.717) is 11.8 Å². The number of anilines is 1. The lowest BCUT2D eigenvalue weighted by Gasteiger charge is -2.35. The molecule has 2 aliphatic rings. The van der Waals surface area contributed by atoms with Crippen LogP contribution >= 0.6 is 0 Å². The van der Waals surface area contributed by atoms with Crippen molar-refractivity contribution in [3.05, 3.63) is 42.0 Å². The van der Waals surface area contributed by atoms with Crippen molar-refractivity contribution < 1.29 is 9.84 Å². The standard InChI is InChI=1S/C19H24N4O2/c1-12-4-5-17(13(2)22-12)25-18-9-15-11-23(10-14(15)8-16(18)24)19-20-6-3-7-21-19/h3-7,14-16,18,24H,8-11H2,1-2H3/t14-,15+,16+,18+/m0/s1. The summed E-state index contributed by atoms with van der Waals surface area (Å²) >= 11 is 0. The molecule has 1 saturated carbocycles. The van der Waals surface area contributed by atoms with E-state index >= 15 is 0 Å². The minimum absolute atomic E-state index is 0.180. The number of nitrogens with zero attached hydrogens (tertiary/aromatic N) is 4. The Hall–Kier alpha value is -2.21. The lowest BCUT2D eigenvalue weighted by atomic mass is 9.78. The van der Waals surface area contributed by atoms with Crippen LogP contribution in [0.3, 0.4) is 0 Å². The number of hydrogen-bond donors (Lipinski definition) is 1. The van der Waals surface area contributed by atoms with E-state index in [0.717, 1.165) is 49.0 Å². The second-order valence-electron chi connectivity index (χ2n) is 7.21. The third kappa shape index (κ3) is 3.31. The van der Waals surface area contributed by atoms with Gasteiger partial charge in [-0.1, -0.05) is 0 Å². The number of rotatable bonds is 3. The van der Waals surface area contributed by atoms with Crippen LogP contribution < -0.4 is 9.64 Å². The van der Waals surface area contributed by atoms with Crippen molar-refractivity contribution in [1.82, 2.24) is 15.0 Å². The van der Waals surface area contributed by atoms with Crippen LogP contribution in [0.15, 0.2) is 30.6 Å². The summed E-state index contributed by atoms with van der Waals surface area (Å²) < 4.78 is 6.14. The van der Waals surface area contributed by atoms with Gasteiger partial charge in [0.1, 0.15) is 11.9 Å². The van der Waals surface area contributed by atoms with E-state index in [1.165, 1.54) is 0 Å². The molecule has 25 heavy (non-hydrogen) atoms. The zero-order chi connectivity index (χ0) is 17.4. The molecule has 0 unspecified atom stereocenters. The summed E-state index contributed by atoms with van der Waals surface area (Å²) in [6.45, 7) is 5.75. The number of aromatic nitrogens is 3. The third-order valence-electron chi connectivity index (χ3n) is 5.37. The summed E-state index contributed by atoms with van der Waals surface area (Å²) in [6.07, 6.45) is 4.54. The molecule has 1 aliphatic carbocycles. The molecule has 0 amide bonds. The molecule has 6 nitrogen and oxygen atoms in total. The minimum Gasteiger partial charge on any atom is -0.486 e. The number of hydrogen-bond acceptors (Lipinski definition) is 6. The molecular weight excluding hydrogens is 316 g/mol. The van der Waals surface area contributed by atoms with Crippen molar-refractivity contribution in [2.75, 3.05) is 18.0 Å². The predicted molar refractivity (Wildman–Crippen MR) is 94.6 cm³/mol. The highest BCUT2D eigenvalue weighted by Gasteiger charge is 2.43. The zero-order valence-electron chi connectivity index (χ0n) is 14.7. The fourth-order valence-electron chi connectivity index (χ4n) is 4.10. The zero-order valence-corrected chi connectivity index (χ0v) is 14.7. The van der Waals surface area contributed by atoms with Gasteiger partial charge in [-0.15, -0.1) is 0 Å². The Morgan fingerprint density at radius 3 is 2.52 bits per heavy atom. The van der Waals surface area contributed by atoms with Gasteiger partial charge in [-0.05, 0) is 56.7 Å². The van der Waals surface area contributed by atoms with E-state index in [2.05, 4.69) is 19.9 Å². The smallest absolute Gasteiger partial charge is 0.225 e. The molecular formula is C19H24N4O2. The molecule has 0 aromatic carbocycles. The minimum atomic E-state index is -0.446. The summed E-state index contributed by atoms with van der Waals surface area (Å²) in [7, 11) is 0. The molecule has 132 valence electrons. The summed E-state index contributed by atoms with van der Waals surface area (Å²) in [5.74, 6) is 2.52. The molecule has 6 heteroatoms. The fraction of sp³-hybridized carbons (Fsp3) is 0.526. The average Bonchev–Trinajstić information content (AvgIpc) is 3.01. The largest absolute Gasteiger partial charge is 0.486 e. The second-order valence-corrected chi connectivity index (χ2v) is 7.21. The first-order valence-corrected chi connectivity index (χ1v) is 8.91. The SMILES string of the molecule is Cc1ccc(O[C@@H]2C[C@@H]3CN(c4ncccn4)C[C@@H]3C[C@H]2O)c(C)n1. The number of pyridine rings is 1. The van der Waals surface area contributed by atoms with Crippen LogP contribution in [0.25, 0.3) is 0 Å². The average molecular weight is 340 g/mol. The normalized spacial score (nSPS) is 28.7. The molecule has 1 N–H and O–H groups in total. The monoisotopic (exact) mass is 340 g/mol. The van der Waals surface area contributed by atoms with E-state index in [1.807, 2.05) is 32.0 Å². The summed E-state index contributed by atoms with van der Waals surface area (Å²) in [6, 6.07) is 5.73. The van der Waals surface area contributed by atoms with Crippen LogP contribution in [-0.4, -0.2) is 45.4 Å². The summed E-state index contributed by atoms with van der Waals surface area (Å²) in [5.41, 5.74) is 1.85. The third-order valence-corrected chi connectivity index (χ3v) is 5.37. The quantitative estimate of drug-likeness (QED) is 0.923. The van der Waals surface area contributed by atoms with E-state index in [-0.39, 0.29) is 6.10 Å². The Balaban J connectivity index is 1.45. The fourth-order valence-corrected chi connectivity index (χ4v) is 4.10. The van der Waals surface area contributed by atoms with Crippen LogP contribution in [0, 0.1) is 25.7 Å². The number of ether oxygens (including phenoxy) is 1. The van der Waals surface area contributed by atoms with Gasteiger partial charge in [0.25, 0.3) is 0 Å². The van der Waals surface area contributed by atoms with E-state index in [1.54, 1.807) is 12.4 Å². The molecule has 0 spiro atoms. The van der Waals surface area contributed by atoms with Gasteiger partial charge in [0.05, 0.1) is 11.8 Å². The van der Waals surface area contributed by atoms with Gasteiger partial charge >= 0.3 is 0 Å². The predicted octanol–water partition coefficient (Wildman–Crippen LogP) is 2.14. The van der Waals surface area contributed by atoms with Gasteiger partial charge in [0.2, 0.25) is 5.95 Å². The van der Waals surface area contributed by atoms with Crippen molar-refractivity contribution in [3.8, 4) is 5.75 Å². The topological polar surface area (TPSA) is 71.4 Å². The first-order valence-electron chi connectivity index (χ1n) is 8.91. The van der Waals surface area contributed by atoms with Gasteiger partial charge in [0, 0.05) is 31.2 Å². The molecule has 3 heterocycles. The first-order chi connectivity index (χ1) is 12.1. The van der Waals surface area contributed by atoms with Crippen molar-refractivity contribution in [2.24, 2.45) is 11.8 Å². The number of aryl methyl sites for hydroxylation is 2. The summed E-state index contributed by atoms with van der Waals surface area (Å²) in [4.78, 5) is 15.4. The Bertz CT molecular complexity index is 739. The van der Waals surface area contributed by atoms with Crippen LogP contribution in [0.2, 0.25) is 0 Å².